The fraction of sp³-hybridized carbons (Fsp3) is 0.269. The standard InChI is InChI=1S/C26H22ClF3N2O4/c1-13-10-16(13)11-18(24(33)32-17-5-2-14(3-6-17)25(34)35)20-8-4-15(12-31-20)22-21(36-26(29)30)9-7-19(27)23(22)28/h2-9,12-13,16,18,26H,10-11H2,1H3,(H,32,33)(H,34,35)/t13-,16+,18-/m1/s1. The van der Waals surface area contributed by atoms with Crippen LogP contribution in [0.5, 0.6) is 5.75 Å². The molecule has 1 saturated carbocycles. The molecule has 0 bridgehead atoms. The van der Waals surface area contributed by atoms with E-state index in [2.05, 4.69) is 22.0 Å². The molecule has 1 aromatic heterocycles. The average Bonchev–Trinajstić information content (AvgIpc) is 3.55. The molecule has 4 rings (SSSR count). The molecule has 1 aliphatic carbocycles. The van der Waals surface area contributed by atoms with Gasteiger partial charge in [0, 0.05) is 17.4 Å². The number of hydrogen-bond acceptors (Lipinski definition) is 4. The second-order valence-corrected chi connectivity index (χ2v) is 9.13. The van der Waals surface area contributed by atoms with Gasteiger partial charge in [-0.1, -0.05) is 24.6 Å². The van der Waals surface area contributed by atoms with E-state index in [1.807, 2.05) is 0 Å². The van der Waals surface area contributed by atoms with Crippen molar-refractivity contribution in [2.45, 2.75) is 32.3 Å². The molecule has 0 spiro atoms. The third-order valence-corrected chi connectivity index (χ3v) is 6.53. The Labute approximate surface area is 210 Å². The van der Waals surface area contributed by atoms with Crippen molar-refractivity contribution in [3.05, 3.63) is 76.8 Å². The number of anilines is 1. The molecule has 2 aromatic carbocycles. The van der Waals surface area contributed by atoms with Crippen LogP contribution in [0.2, 0.25) is 5.02 Å². The molecule has 0 radical (unpaired) electrons. The van der Waals surface area contributed by atoms with Crippen molar-refractivity contribution in [3.8, 4) is 16.9 Å². The molecule has 0 saturated heterocycles. The SMILES string of the molecule is C[C@@H]1C[C@H]1C[C@@H](C(=O)Nc1ccc(C(=O)O)cc1)c1ccc(-c2c(OC(F)F)ccc(Cl)c2F)cn1. The molecule has 36 heavy (non-hydrogen) atoms. The Morgan fingerprint density at radius 3 is 2.42 bits per heavy atom. The van der Waals surface area contributed by atoms with Gasteiger partial charge in [0.1, 0.15) is 5.75 Å². The summed E-state index contributed by atoms with van der Waals surface area (Å²) in [6, 6.07) is 11.1. The number of hydrogen-bond donors (Lipinski definition) is 2. The first-order valence-electron chi connectivity index (χ1n) is 11.2. The van der Waals surface area contributed by atoms with Gasteiger partial charge in [-0.05, 0) is 67.1 Å². The molecule has 1 amide bonds. The normalized spacial score (nSPS) is 17.5. The Balaban J connectivity index is 1.61. The van der Waals surface area contributed by atoms with Crippen LogP contribution in [0.15, 0.2) is 54.7 Å². The van der Waals surface area contributed by atoms with Gasteiger partial charge in [-0.2, -0.15) is 8.78 Å². The number of carboxylic acid groups (broad SMARTS) is 1. The summed E-state index contributed by atoms with van der Waals surface area (Å²) >= 11 is 5.85. The number of pyridine rings is 1. The number of amides is 1. The summed E-state index contributed by atoms with van der Waals surface area (Å²) in [5.41, 5.74) is 0.869. The van der Waals surface area contributed by atoms with Gasteiger partial charge in [0.05, 0.1) is 27.8 Å². The molecule has 0 unspecified atom stereocenters. The highest BCUT2D eigenvalue weighted by Crippen LogP contribution is 2.45. The maximum Gasteiger partial charge on any atom is 0.387 e. The minimum absolute atomic E-state index is 0.0945. The third kappa shape index (κ3) is 5.79. The van der Waals surface area contributed by atoms with Crippen LogP contribution >= 0.6 is 11.6 Å². The number of ether oxygens (including phenoxy) is 1. The molecular weight excluding hydrogens is 497 g/mol. The van der Waals surface area contributed by atoms with Crippen molar-refractivity contribution in [3.63, 3.8) is 0 Å². The Bertz CT molecular complexity index is 1270. The van der Waals surface area contributed by atoms with E-state index in [-0.39, 0.29) is 33.4 Å². The maximum absolute atomic E-state index is 14.7. The van der Waals surface area contributed by atoms with Crippen molar-refractivity contribution in [2.75, 3.05) is 5.32 Å². The molecule has 1 heterocycles. The fourth-order valence-corrected chi connectivity index (χ4v) is 4.23. The van der Waals surface area contributed by atoms with Crippen molar-refractivity contribution in [2.24, 2.45) is 11.8 Å². The lowest BCUT2D eigenvalue weighted by atomic mass is 9.94. The Hall–Kier alpha value is -3.59. The molecule has 0 aliphatic heterocycles. The number of aromatic carboxylic acids is 1. The topological polar surface area (TPSA) is 88.5 Å². The van der Waals surface area contributed by atoms with Crippen LogP contribution in [0.1, 0.15) is 41.7 Å². The highest BCUT2D eigenvalue weighted by Gasteiger charge is 2.37. The van der Waals surface area contributed by atoms with Gasteiger partial charge in [0.25, 0.3) is 0 Å². The van der Waals surface area contributed by atoms with E-state index < -0.39 is 24.3 Å². The van der Waals surface area contributed by atoms with Crippen LogP contribution in [0, 0.1) is 17.7 Å². The maximum atomic E-state index is 14.7. The zero-order chi connectivity index (χ0) is 26.0. The van der Waals surface area contributed by atoms with Gasteiger partial charge in [-0.3, -0.25) is 9.78 Å². The molecule has 2 N–H and O–H groups in total. The van der Waals surface area contributed by atoms with Crippen LogP contribution in [0.25, 0.3) is 11.1 Å². The van der Waals surface area contributed by atoms with Crippen LogP contribution in [0.4, 0.5) is 18.9 Å². The highest BCUT2D eigenvalue weighted by molar-refractivity contribution is 6.31. The summed E-state index contributed by atoms with van der Waals surface area (Å²) in [7, 11) is 0. The number of alkyl halides is 2. The summed E-state index contributed by atoms with van der Waals surface area (Å²) in [4.78, 5) is 28.6. The van der Waals surface area contributed by atoms with E-state index in [9.17, 15) is 22.8 Å². The number of aromatic nitrogens is 1. The molecule has 188 valence electrons. The number of nitrogens with zero attached hydrogens (tertiary/aromatic N) is 1. The van der Waals surface area contributed by atoms with Crippen LogP contribution in [-0.4, -0.2) is 28.6 Å². The number of nitrogens with one attached hydrogen (secondary N) is 1. The minimum Gasteiger partial charge on any atom is -0.478 e. The highest BCUT2D eigenvalue weighted by atomic mass is 35.5. The summed E-state index contributed by atoms with van der Waals surface area (Å²) in [6.07, 6.45) is 2.82. The summed E-state index contributed by atoms with van der Waals surface area (Å²) in [6.45, 7) is -1.07. The Morgan fingerprint density at radius 1 is 1.17 bits per heavy atom. The molecular formula is C26H22ClF3N2O4. The second kappa shape index (κ2) is 10.6. The first-order valence-corrected chi connectivity index (χ1v) is 11.5. The number of halogens is 4. The number of carbonyl (C=O) groups is 2. The predicted molar refractivity (Wildman–Crippen MR) is 128 cm³/mol. The smallest absolute Gasteiger partial charge is 0.387 e. The molecule has 10 heteroatoms. The molecule has 3 aromatic rings. The first kappa shape index (κ1) is 25.5. The van der Waals surface area contributed by atoms with Crippen LogP contribution < -0.4 is 10.1 Å². The quantitative estimate of drug-likeness (QED) is 0.333. The lowest BCUT2D eigenvalue weighted by Gasteiger charge is -2.18. The Kier molecular flexibility index (Phi) is 7.49. The van der Waals surface area contributed by atoms with Gasteiger partial charge in [0.15, 0.2) is 5.82 Å². The lowest BCUT2D eigenvalue weighted by Crippen LogP contribution is -2.23. The lowest BCUT2D eigenvalue weighted by molar-refractivity contribution is -0.117. The summed E-state index contributed by atoms with van der Waals surface area (Å²) in [5.74, 6) is -2.52. The van der Waals surface area contributed by atoms with Crippen LogP contribution in [0.3, 0.4) is 0 Å². The zero-order valence-corrected chi connectivity index (χ0v) is 19.8. The van der Waals surface area contributed by atoms with Gasteiger partial charge in [-0.25, -0.2) is 9.18 Å². The van der Waals surface area contributed by atoms with E-state index >= 15 is 0 Å². The van der Waals surface area contributed by atoms with Gasteiger partial charge in [0.2, 0.25) is 5.91 Å². The third-order valence-electron chi connectivity index (χ3n) is 6.24. The summed E-state index contributed by atoms with van der Waals surface area (Å²) < 4.78 is 44.9. The fourth-order valence-electron chi connectivity index (χ4n) is 4.07. The van der Waals surface area contributed by atoms with E-state index in [1.54, 1.807) is 6.07 Å². The van der Waals surface area contributed by atoms with Crippen molar-refractivity contribution < 1.29 is 32.6 Å². The predicted octanol–water partition coefficient (Wildman–Crippen LogP) is 6.61. The van der Waals surface area contributed by atoms with Crippen molar-refractivity contribution in [1.82, 2.24) is 4.98 Å². The Morgan fingerprint density at radius 2 is 1.86 bits per heavy atom. The largest absolute Gasteiger partial charge is 0.478 e. The molecule has 6 nitrogen and oxygen atoms in total. The van der Waals surface area contributed by atoms with Gasteiger partial charge in [-0.15, -0.1) is 0 Å². The van der Waals surface area contributed by atoms with E-state index in [0.29, 0.717) is 29.6 Å². The number of carbonyl (C=O) groups excluding carboxylic acids is 1. The van der Waals surface area contributed by atoms with Crippen LogP contribution in [-0.2, 0) is 4.79 Å². The number of rotatable bonds is 9. The summed E-state index contributed by atoms with van der Waals surface area (Å²) in [5, 5.41) is 11.6. The molecule has 1 fully saturated rings. The first-order chi connectivity index (χ1) is 17.1. The van der Waals surface area contributed by atoms with Gasteiger partial charge >= 0.3 is 12.6 Å². The molecule has 3 atom stereocenters. The number of benzene rings is 2. The second-order valence-electron chi connectivity index (χ2n) is 8.72. The average molecular weight is 519 g/mol. The zero-order valence-electron chi connectivity index (χ0n) is 19.1. The monoisotopic (exact) mass is 518 g/mol. The van der Waals surface area contributed by atoms with E-state index in [4.69, 9.17) is 16.7 Å². The minimum atomic E-state index is -3.16. The van der Waals surface area contributed by atoms with E-state index in [0.717, 1.165) is 18.6 Å². The van der Waals surface area contributed by atoms with Gasteiger partial charge < -0.3 is 15.2 Å². The van der Waals surface area contributed by atoms with Crippen molar-refractivity contribution >= 4 is 29.2 Å². The molecule has 1 aliphatic rings. The van der Waals surface area contributed by atoms with Crippen molar-refractivity contribution in [1.29, 1.82) is 0 Å². The van der Waals surface area contributed by atoms with E-state index in [1.165, 1.54) is 36.5 Å². The number of carboxylic acids is 1.